The molecule has 0 radical (unpaired) electrons. The molecule has 1 aromatic rings. The zero-order valence-electron chi connectivity index (χ0n) is 10.9. The topological polar surface area (TPSA) is 12.0 Å². The second-order valence-electron chi connectivity index (χ2n) is 5.65. The molecule has 0 spiro atoms. The molecular weight excluding hydrogens is 239 g/mol. The first kappa shape index (κ1) is 13.4. The molecule has 2 rings (SSSR count). The van der Waals surface area contributed by atoms with Crippen molar-refractivity contribution < 1.29 is 13.2 Å². The summed E-state index contributed by atoms with van der Waals surface area (Å²) in [6, 6.07) is 2.38. The van der Waals surface area contributed by atoms with E-state index < -0.39 is 22.8 Å². The van der Waals surface area contributed by atoms with Gasteiger partial charge < -0.3 is 5.32 Å². The zero-order valence-corrected chi connectivity index (χ0v) is 10.9. The van der Waals surface area contributed by atoms with Gasteiger partial charge in [0.15, 0.2) is 11.6 Å². The molecule has 0 amide bonds. The van der Waals surface area contributed by atoms with Crippen LogP contribution >= 0.6 is 0 Å². The molecule has 18 heavy (non-hydrogen) atoms. The van der Waals surface area contributed by atoms with Gasteiger partial charge in [0.1, 0.15) is 5.67 Å². The predicted octanol–water partition coefficient (Wildman–Crippen LogP) is 3.77. The van der Waals surface area contributed by atoms with Crippen molar-refractivity contribution in [3.63, 3.8) is 0 Å². The van der Waals surface area contributed by atoms with Crippen molar-refractivity contribution in [3.8, 4) is 0 Å². The highest BCUT2D eigenvalue weighted by Gasteiger charge is 2.35. The number of benzene rings is 1. The van der Waals surface area contributed by atoms with Crippen LogP contribution in [0, 0.1) is 11.6 Å². The quantitative estimate of drug-likeness (QED) is 0.850. The van der Waals surface area contributed by atoms with Gasteiger partial charge in [-0.25, -0.2) is 13.2 Å². The lowest BCUT2D eigenvalue weighted by atomic mass is 9.86. The molecule has 4 heteroatoms. The Morgan fingerprint density at radius 3 is 2.44 bits per heavy atom. The van der Waals surface area contributed by atoms with Gasteiger partial charge >= 0.3 is 0 Å². The minimum atomic E-state index is -1.68. The minimum Gasteiger partial charge on any atom is -0.308 e. The van der Waals surface area contributed by atoms with Crippen molar-refractivity contribution in [2.75, 3.05) is 6.54 Å². The molecule has 1 saturated heterocycles. The summed E-state index contributed by atoms with van der Waals surface area (Å²) >= 11 is 0. The van der Waals surface area contributed by atoms with E-state index in [9.17, 15) is 13.2 Å². The van der Waals surface area contributed by atoms with Crippen LogP contribution in [-0.4, -0.2) is 6.54 Å². The molecule has 0 aliphatic carbocycles. The molecule has 100 valence electrons. The Kier molecular flexibility index (Phi) is 3.18. The summed E-state index contributed by atoms with van der Waals surface area (Å²) in [4.78, 5) is 0. The number of alkyl halides is 1. The third kappa shape index (κ3) is 2.26. The summed E-state index contributed by atoms with van der Waals surface area (Å²) in [5, 5.41) is 3.17. The van der Waals surface area contributed by atoms with Crippen molar-refractivity contribution in [2.45, 2.75) is 44.8 Å². The van der Waals surface area contributed by atoms with E-state index in [1.807, 2.05) is 6.92 Å². The first-order valence-corrected chi connectivity index (χ1v) is 6.18. The molecular formula is C14H18F3N. The van der Waals surface area contributed by atoms with Gasteiger partial charge in [-0.1, -0.05) is 0 Å². The van der Waals surface area contributed by atoms with Crippen molar-refractivity contribution in [3.05, 3.63) is 34.9 Å². The highest BCUT2D eigenvalue weighted by Crippen LogP contribution is 2.36. The number of rotatable bonds is 2. The van der Waals surface area contributed by atoms with E-state index in [2.05, 4.69) is 5.32 Å². The molecule has 1 aromatic carbocycles. The van der Waals surface area contributed by atoms with Gasteiger partial charge in [0, 0.05) is 11.1 Å². The van der Waals surface area contributed by atoms with E-state index in [0.717, 1.165) is 25.5 Å². The average molecular weight is 257 g/mol. The molecule has 1 fully saturated rings. The van der Waals surface area contributed by atoms with E-state index >= 15 is 0 Å². The molecule has 1 nitrogen and oxygen atoms in total. The second-order valence-corrected chi connectivity index (χ2v) is 5.65. The minimum absolute atomic E-state index is 0.173. The molecule has 1 unspecified atom stereocenters. The lowest BCUT2D eigenvalue weighted by molar-refractivity contribution is 0.219. The number of halogens is 3. The molecule has 1 aliphatic heterocycles. The summed E-state index contributed by atoms with van der Waals surface area (Å²) < 4.78 is 41.5. The summed E-state index contributed by atoms with van der Waals surface area (Å²) in [7, 11) is 0. The molecule has 1 atom stereocenters. The van der Waals surface area contributed by atoms with Crippen molar-refractivity contribution in [1.29, 1.82) is 0 Å². The molecule has 0 bridgehead atoms. The van der Waals surface area contributed by atoms with Crippen LogP contribution in [-0.2, 0) is 11.2 Å². The monoisotopic (exact) mass is 257 g/mol. The van der Waals surface area contributed by atoms with E-state index in [1.54, 1.807) is 0 Å². The molecule has 0 saturated carbocycles. The lowest BCUT2D eigenvalue weighted by Gasteiger charge is -2.27. The van der Waals surface area contributed by atoms with Crippen molar-refractivity contribution >= 4 is 0 Å². The third-order valence-corrected chi connectivity index (χ3v) is 3.68. The van der Waals surface area contributed by atoms with Crippen LogP contribution in [0.15, 0.2) is 12.1 Å². The van der Waals surface area contributed by atoms with Gasteiger partial charge in [0.2, 0.25) is 0 Å². The molecule has 1 heterocycles. The highest BCUT2D eigenvalue weighted by molar-refractivity contribution is 5.35. The summed E-state index contributed by atoms with van der Waals surface area (Å²) in [6.45, 7) is 5.27. The summed E-state index contributed by atoms with van der Waals surface area (Å²) in [6.07, 6.45) is 1.63. The summed E-state index contributed by atoms with van der Waals surface area (Å²) in [5.74, 6) is -1.86. The van der Waals surface area contributed by atoms with Gasteiger partial charge in [-0.2, -0.15) is 0 Å². The Balaban J connectivity index is 2.56. The van der Waals surface area contributed by atoms with Crippen molar-refractivity contribution in [1.82, 2.24) is 5.32 Å². The van der Waals surface area contributed by atoms with Gasteiger partial charge in [0.25, 0.3) is 0 Å². The third-order valence-electron chi connectivity index (χ3n) is 3.68. The predicted molar refractivity (Wildman–Crippen MR) is 65.1 cm³/mol. The normalized spacial score (nSPS) is 24.6. The molecule has 1 aliphatic rings. The fraction of sp³-hybridized carbons (Fsp3) is 0.571. The number of hydrogen-bond donors (Lipinski definition) is 1. The van der Waals surface area contributed by atoms with Gasteiger partial charge in [0.05, 0.1) is 0 Å². The maximum Gasteiger partial charge on any atom is 0.163 e. The van der Waals surface area contributed by atoms with Crippen LogP contribution in [0.5, 0.6) is 0 Å². The van der Waals surface area contributed by atoms with Crippen LogP contribution in [0.3, 0.4) is 0 Å². The second kappa shape index (κ2) is 4.26. The Bertz CT molecular complexity index is 457. The van der Waals surface area contributed by atoms with Crippen LogP contribution in [0.25, 0.3) is 0 Å². The first-order chi connectivity index (χ1) is 8.24. The van der Waals surface area contributed by atoms with Gasteiger partial charge in [-0.3, -0.25) is 0 Å². The van der Waals surface area contributed by atoms with Gasteiger partial charge in [-0.15, -0.1) is 0 Å². The summed E-state index contributed by atoms with van der Waals surface area (Å²) in [5.41, 5.74) is -1.89. The lowest BCUT2D eigenvalue weighted by Crippen LogP contribution is -2.35. The first-order valence-electron chi connectivity index (χ1n) is 6.18. The van der Waals surface area contributed by atoms with Crippen LogP contribution in [0.1, 0.15) is 44.7 Å². The average Bonchev–Trinajstić information content (AvgIpc) is 2.68. The van der Waals surface area contributed by atoms with Crippen LogP contribution in [0.2, 0.25) is 0 Å². The van der Waals surface area contributed by atoms with E-state index in [4.69, 9.17) is 0 Å². The number of nitrogens with one attached hydrogen (secondary N) is 1. The fourth-order valence-electron chi connectivity index (χ4n) is 2.46. The number of hydrogen-bond acceptors (Lipinski definition) is 1. The zero-order chi connectivity index (χ0) is 13.6. The van der Waals surface area contributed by atoms with E-state index in [-0.39, 0.29) is 11.1 Å². The maximum absolute atomic E-state index is 13.9. The van der Waals surface area contributed by atoms with Gasteiger partial charge in [-0.05, 0) is 57.9 Å². The van der Waals surface area contributed by atoms with Crippen molar-refractivity contribution in [2.24, 2.45) is 0 Å². The Morgan fingerprint density at radius 1 is 1.28 bits per heavy atom. The van der Waals surface area contributed by atoms with Crippen LogP contribution < -0.4 is 5.32 Å². The standard InChI is InChI=1S/C14H18F3N/c1-13(2,17)9-7-10(12(16)11(15)8-9)14(3)5-4-6-18-14/h7-8,18H,4-6H2,1-3H3. The SMILES string of the molecule is CC(C)(F)c1cc(F)c(F)c(C2(C)CCCN2)c1. The van der Waals surface area contributed by atoms with E-state index in [0.29, 0.717) is 0 Å². The molecule has 1 N–H and O–H groups in total. The Morgan fingerprint density at radius 2 is 1.94 bits per heavy atom. The largest absolute Gasteiger partial charge is 0.308 e. The Hall–Kier alpha value is -1.03. The maximum atomic E-state index is 13.9. The van der Waals surface area contributed by atoms with Crippen LogP contribution in [0.4, 0.5) is 13.2 Å². The Labute approximate surface area is 105 Å². The fourth-order valence-corrected chi connectivity index (χ4v) is 2.46. The smallest absolute Gasteiger partial charge is 0.163 e. The highest BCUT2D eigenvalue weighted by atomic mass is 19.2. The molecule has 0 aromatic heterocycles. The van der Waals surface area contributed by atoms with E-state index in [1.165, 1.54) is 19.9 Å².